The SMILES string of the molecule is O=[N+]([O-])C(=Cc1ccco1)c1cccs1. The Morgan fingerprint density at radius 1 is 1.47 bits per heavy atom. The summed E-state index contributed by atoms with van der Waals surface area (Å²) in [6, 6.07) is 6.86. The van der Waals surface area contributed by atoms with Gasteiger partial charge in [0.1, 0.15) is 10.6 Å². The molecular weight excluding hydrogens is 214 g/mol. The van der Waals surface area contributed by atoms with Gasteiger partial charge in [-0.2, -0.15) is 0 Å². The lowest BCUT2D eigenvalue weighted by atomic mass is 10.3. The van der Waals surface area contributed by atoms with Crippen molar-refractivity contribution in [3.8, 4) is 0 Å². The Morgan fingerprint density at radius 2 is 2.33 bits per heavy atom. The molecule has 0 amide bonds. The zero-order valence-corrected chi connectivity index (χ0v) is 8.44. The van der Waals surface area contributed by atoms with Gasteiger partial charge in [0.25, 0.3) is 5.70 Å². The number of thiophene rings is 1. The number of rotatable bonds is 3. The first-order valence-electron chi connectivity index (χ1n) is 4.21. The summed E-state index contributed by atoms with van der Waals surface area (Å²) in [6.07, 6.45) is 2.91. The molecule has 0 saturated carbocycles. The average Bonchev–Trinajstić information content (AvgIpc) is 2.87. The van der Waals surface area contributed by atoms with Crippen molar-refractivity contribution in [2.45, 2.75) is 0 Å². The van der Waals surface area contributed by atoms with Crippen LogP contribution < -0.4 is 0 Å². The quantitative estimate of drug-likeness (QED) is 0.591. The highest BCUT2D eigenvalue weighted by Crippen LogP contribution is 2.23. The van der Waals surface area contributed by atoms with Gasteiger partial charge in [0.2, 0.25) is 0 Å². The van der Waals surface area contributed by atoms with Crippen molar-refractivity contribution in [1.29, 1.82) is 0 Å². The molecule has 0 aliphatic rings. The molecule has 0 aliphatic carbocycles. The molecule has 15 heavy (non-hydrogen) atoms. The second kappa shape index (κ2) is 4.10. The minimum atomic E-state index is -0.408. The Bertz CT molecular complexity index is 471. The highest BCUT2D eigenvalue weighted by Gasteiger charge is 2.15. The topological polar surface area (TPSA) is 56.3 Å². The Morgan fingerprint density at radius 3 is 2.87 bits per heavy atom. The zero-order valence-electron chi connectivity index (χ0n) is 7.62. The van der Waals surface area contributed by atoms with Crippen LogP contribution in [-0.2, 0) is 0 Å². The summed E-state index contributed by atoms with van der Waals surface area (Å²) < 4.78 is 5.04. The largest absolute Gasteiger partial charge is 0.465 e. The van der Waals surface area contributed by atoms with Crippen LogP contribution in [0.1, 0.15) is 10.6 Å². The van der Waals surface area contributed by atoms with Gasteiger partial charge in [0.15, 0.2) is 0 Å². The van der Waals surface area contributed by atoms with Crippen LogP contribution in [0.15, 0.2) is 40.3 Å². The molecule has 0 radical (unpaired) electrons. The van der Waals surface area contributed by atoms with E-state index in [2.05, 4.69) is 0 Å². The van der Waals surface area contributed by atoms with Crippen LogP contribution in [-0.4, -0.2) is 4.92 Å². The molecule has 2 rings (SSSR count). The first kappa shape index (κ1) is 9.67. The molecule has 0 aromatic carbocycles. The molecule has 0 fully saturated rings. The normalized spacial score (nSPS) is 11.6. The van der Waals surface area contributed by atoms with Gasteiger partial charge < -0.3 is 4.42 Å². The summed E-state index contributed by atoms with van der Waals surface area (Å²) in [7, 11) is 0. The summed E-state index contributed by atoms with van der Waals surface area (Å²) in [6.45, 7) is 0. The predicted molar refractivity (Wildman–Crippen MR) is 57.9 cm³/mol. The van der Waals surface area contributed by atoms with Crippen LogP contribution in [0.5, 0.6) is 0 Å². The molecule has 2 aromatic rings. The zero-order chi connectivity index (χ0) is 10.7. The molecule has 4 nitrogen and oxygen atoms in total. The van der Waals surface area contributed by atoms with Gasteiger partial charge in [-0.25, -0.2) is 0 Å². The van der Waals surface area contributed by atoms with E-state index in [1.54, 1.807) is 29.6 Å². The molecule has 76 valence electrons. The van der Waals surface area contributed by atoms with Gasteiger partial charge in [-0.05, 0) is 23.6 Å². The van der Waals surface area contributed by atoms with Crippen molar-refractivity contribution >= 4 is 23.1 Å². The molecule has 0 spiro atoms. The van der Waals surface area contributed by atoms with Crippen LogP contribution in [0.4, 0.5) is 0 Å². The van der Waals surface area contributed by atoms with Crippen molar-refractivity contribution in [2.24, 2.45) is 0 Å². The van der Waals surface area contributed by atoms with E-state index in [-0.39, 0.29) is 5.70 Å². The van der Waals surface area contributed by atoms with E-state index in [4.69, 9.17) is 4.42 Å². The number of hydrogen-bond acceptors (Lipinski definition) is 4. The van der Waals surface area contributed by atoms with E-state index in [9.17, 15) is 10.1 Å². The number of hydrogen-bond donors (Lipinski definition) is 0. The van der Waals surface area contributed by atoms with Gasteiger partial charge >= 0.3 is 0 Å². The minimum Gasteiger partial charge on any atom is -0.465 e. The Hall–Kier alpha value is -1.88. The van der Waals surface area contributed by atoms with Gasteiger partial charge in [0.05, 0.1) is 17.3 Å². The summed E-state index contributed by atoms with van der Waals surface area (Å²) in [5, 5.41) is 12.6. The van der Waals surface area contributed by atoms with Gasteiger partial charge in [-0.15, -0.1) is 11.3 Å². The second-order valence-electron chi connectivity index (χ2n) is 2.78. The predicted octanol–water partition coefficient (Wildman–Crippen LogP) is 3.12. The third-order valence-electron chi connectivity index (χ3n) is 1.79. The smallest absolute Gasteiger partial charge is 0.290 e. The van der Waals surface area contributed by atoms with Gasteiger partial charge in [0, 0.05) is 0 Å². The summed E-state index contributed by atoms with van der Waals surface area (Å²) >= 11 is 1.33. The minimum absolute atomic E-state index is 0.0555. The second-order valence-corrected chi connectivity index (χ2v) is 3.73. The molecule has 0 unspecified atom stereocenters. The number of nitrogens with zero attached hydrogens (tertiary/aromatic N) is 1. The van der Waals surface area contributed by atoms with Crippen LogP contribution in [0.25, 0.3) is 11.8 Å². The lowest BCUT2D eigenvalue weighted by molar-refractivity contribution is -0.374. The molecule has 5 heteroatoms. The van der Waals surface area contributed by atoms with Gasteiger partial charge in [-0.1, -0.05) is 6.07 Å². The first-order chi connectivity index (χ1) is 7.27. The molecule has 0 N–H and O–H groups in total. The van der Waals surface area contributed by atoms with Gasteiger partial charge in [-0.3, -0.25) is 10.1 Å². The molecule has 2 heterocycles. The molecule has 0 bridgehead atoms. The fraction of sp³-hybridized carbons (Fsp3) is 0. The van der Waals surface area contributed by atoms with E-state index < -0.39 is 4.92 Å². The van der Waals surface area contributed by atoms with Crippen LogP contribution in [0.2, 0.25) is 0 Å². The van der Waals surface area contributed by atoms with Crippen molar-refractivity contribution in [3.63, 3.8) is 0 Å². The summed E-state index contributed by atoms with van der Waals surface area (Å²) in [5.41, 5.74) is 0.0555. The third kappa shape index (κ3) is 2.13. The third-order valence-corrected chi connectivity index (χ3v) is 2.68. The van der Waals surface area contributed by atoms with E-state index in [1.165, 1.54) is 23.7 Å². The Balaban J connectivity index is 2.41. The molecule has 2 aromatic heterocycles. The number of furan rings is 1. The molecule has 0 aliphatic heterocycles. The fourth-order valence-electron chi connectivity index (χ4n) is 1.15. The Labute approximate surface area is 89.6 Å². The average molecular weight is 221 g/mol. The maximum atomic E-state index is 10.8. The van der Waals surface area contributed by atoms with E-state index >= 15 is 0 Å². The van der Waals surface area contributed by atoms with Crippen molar-refractivity contribution in [1.82, 2.24) is 0 Å². The summed E-state index contributed by atoms with van der Waals surface area (Å²) in [5.74, 6) is 0.482. The van der Waals surface area contributed by atoms with Crippen molar-refractivity contribution in [2.75, 3.05) is 0 Å². The molecular formula is C10H7NO3S. The fourth-order valence-corrected chi connectivity index (χ4v) is 1.86. The monoisotopic (exact) mass is 221 g/mol. The molecule has 0 atom stereocenters. The molecule has 0 saturated heterocycles. The maximum absolute atomic E-state index is 10.8. The highest BCUT2D eigenvalue weighted by molar-refractivity contribution is 7.11. The van der Waals surface area contributed by atoms with Crippen molar-refractivity contribution in [3.05, 3.63) is 56.7 Å². The number of nitro groups is 1. The summed E-state index contributed by atoms with van der Waals surface area (Å²) in [4.78, 5) is 11.0. The lowest BCUT2D eigenvalue weighted by Gasteiger charge is -1.92. The highest BCUT2D eigenvalue weighted by atomic mass is 32.1. The van der Waals surface area contributed by atoms with E-state index in [1.807, 2.05) is 0 Å². The lowest BCUT2D eigenvalue weighted by Crippen LogP contribution is -1.94. The standard InChI is InChI=1S/C10H7NO3S/c12-11(13)9(10-4-2-6-15-10)7-8-3-1-5-14-8/h1-7H. The van der Waals surface area contributed by atoms with Crippen LogP contribution in [0.3, 0.4) is 0 Å². The van der Waals surface area contributed by atoms with E-state index in [0.29, 0.717) is 10.6 Å². The van der Waals surface area contributed by atoms with Crippen molar-refractivity contribution < 1.29 is 9.34 Å². The van der Waals surface area contributed by atoms with Crippen LogP contribution >= 0.6 is 11.3 Å². The first-order valence-corrected chi connectivity index (χ1v) is 5.09. The van der Waals surface area contributed by atoms with Crippen LogP contribution in [0, 0.1) is 10.1 Å². The van der Waals surface area contributed by atoms with E-state index in [0.717, 1.165) is 0 Å². The maximum Gasteiger partial charge on any atom is 0.290 e. The Kier molecular flexibility index (Phi) is 2.64.